The molecule has 1 saturated carbocycles. The summed E-state index contributed by atoms with van der Waals surface area (Å²) < 4.78 is 67.9. The van der Waals surface area contributed by atoms with E-state index >= 15 is 0 Å². The standard InChI is InChI=1S/C23H26F5N7O3/c1-12(29)15(11-36)20(37)33-19(14-2-4-22(24,25)5-3-14)16-9-35-18(31-16)6-13(7-30-35)8-34-10-17(23(26,27)28)32-21(34)38/h6-7,9,11,14,17,19,29,36H,2-5,8,10H2,1H3,(H,32,38)(H,33,37)/p+1/b15-11+,29-12?/t17-,19-/m0/s1. The number of halogens is 5. The van der Waals surface area contributed by atoms with Crippen LogP contribution in [0.2, 0.25) is 0 Å². The number of fused-ring (bicyclic) bond motifs is 1. The Bertz CT molecular complexity index is 1270. The van der Waals surface area contributed by atoms with Gasteiger partial charge in [-0.2, -0.15) is 18.3 Å². The van der Waals surface area contributed by atoms with Crippen molar-refractivity contribution in [2.45, 2.75) is 63.3 Å². The van der Waals surface area contributed by atoms with Gasteiger partial charge in [0, 0.05) is 25.1 Å². The summed E-state index contributed by atoms with van der Waals surface area (Å²) in [6, 6.07) is -2.10. The number of urea groups is 1. The minimum absolute atomic E-state index is 0.110. The van der Waals surface area contributed by atoms with E-state index in [1.165, 1.54) is 29.9 Å². The zero-order valence-corrected chi connectivity index (χ0v) is 20.3. The lowest BCUT2D eigenvalue weighted by molar-refractivity contribution is -0.149. The smallest absolute Gasteiger partial charge is 0.410 e. The normalized spacial score (nSPS) is 21.4. The maximum atomic E-state index is 13.8. The lowest BCUT2D eigenvalue weighted by Gasteiger charge is -2.33. The van der Waals surface area contributed by atoms with E-state index in [9.17, 15) is 31.5 Å². The molecule has 1 aliphatic carbocycles. The molecule has 0 radical (unpaired) electrons. The van der Waals surface area contributed by atoms with Gasteiger partial charge in [0.2, 0.25) is 12.2 Å². The molecule has 206 valence electrons. The fourth-order valence-corrected chi connectivity index (χ4v) is 4.69. The fourth-order valence-electron chi connectivity index (χ4n) is 4.69. The van der Waals surface area contributed by atoms with Crippen molar-refractivity contribution in [3.05, 3.63) is 41.6 Å². The highest BCUT2D eigenvalue weighted by molar-refractivity contribution is 6.19. The second kappa shape index (κ2) is 10.2. The summed E-state index contributed by atoms with van der Waals surface area (Å²) in [5.74, 6) is -3.90. The van der Waals surface area contributed by atoms with Crippen molar-refractivity contribution >= 4 is 23.3 Å². The van der Waals surface area contributed by atoms with E-state index < -0.39 is 48.6 Å². The van der Waals surface area contributed by atoms with E-state index in [0.29, 0.717) is 11.3 Å². The van der Waals surface area contributed by atoms with Crippen LogP contribution in [0.5, 0.6) is 0 Å². The molecule has 2 fully saturated rings. The average Bonchev–Trinajstić information content (AvgIpc) is 3.41. The first-order chi connectivity index (χ1) is 17.8. The fraction of sp³-hybridized carbons (Fsp3) is 0.522. The quantitative estimate of drug-likeness (QED) is 0.162. The van der Waals surface area contributed by atoms with Crippen molar-refractivity contribution in [3.63, 3.8) is 0 Å². The van der Waals surface area contributed by atoms with Crippen LogP contribution in [0.4, 0.5) is 26.7 Å². The van der Waals surface area contributed by atoms with Crippen LogP contribution in [0.15, 0.2) is 30.3 Å². The van der Waals surface area contributed by atoms with Gasteiger partial charge in [-0.15, -0.1) is 0 Å². The Morgan fingerprint density at radius 3 is 2.63 bits per heavy atom. The van der Waals surface area contributed by atoms with Crippen LogP contribution in [0, 0.1) is 11.3 Å². The summed E-state index contributed by atoms with van der Waals surface area (Å²) in [7, 11) is 0. The second-order valence-electron chi connectivity index (χ2n) is 9.58. The number of alkyl halides is 5. The van der Waals surface area contributed by atoms with E-state index in [4.69, 9.17) is 10.5 Å². The van der Waals surface area contributed by atoms with Gasteiger partial charge in [0.1, 0.15) is 11.6 Å². The van der Waals surface area contributed by atoms with Crippen LogP contribution in [-0.2, 0) is 11.3 Å². The molecule has 2 aromatic heterocycles. The third kappa shape index (κ3) is 5.86. The molecule has 38 heavy (non-hydrogen) atoms. The van der Waals surface area contributed by atoms with Gasteiger partial charge in [0.05, 0.1) is 30.7 Å². The molecule has 2 atom stereocenters. The predicted molar refractivity (Wildman–Crippen MR) is 125 cm³/mol. The van der Waals surface area contributed by atoms with Crippen molar-refractivity contribution in [1.82, 2.24) is 30.1 Å². The summed E-state index contributed by atoms with van der Waals surface area (Å²) in [5, 5.41) is 24.0. The van der Waals surface area contributed by atoms with Crippen molar-refractivity contribution in [3.8, 4) is 0 Å². The second-order valence-corrected chi connectivity index (χ2v) is 9.58. The molecule has 3 heterocycles. The lowest BCUT2D eigenvalue weighted by Crippen LogP contribution is -2.40. The molecule has 0 bridgehead atoms. The van der Waals surface area contributed by atoms with Crippen molar-refractivity contribution in [1.29, 1.82) is 5.41 Å². The number of carbonyl (C=O) groups is 2. The number of rotatable bonds is 7. The Labute approximate surface area is 213 Å². The van der Waals surface area contributed by atoms with Gasteiger partial charge < -0.3 is 26.0 Å². The Morgan fingerprint density at radius 2 is 2.05 bits per heavy atom. The minimum Gasteiger partial charge on any atom is -0.598 e. The highest BCUT2D eigenvalue weighted by Crippen LogP contribution is 2.41. The minimum atomic E-state index is -4.57. The summed E-state index contributed by atoms with van der Waals surface area (Å²) in [5.41, 5.74) is 0.711. The number of imidazole rings is 1. The van der Waals surface area contributed by atoms with E-state index in [0.717, 1.165) is 11.2 Å². The molecule has 0 spiro atoms. The van der Waals surface area contributed by atoms with Crippen LogP contribution < -0.4 is 10.6 Å². The van der Waals surface area contributed by atoms with Gasteiger partial charge in [-0.1, -0.05) is 0 Å². The largest absolute Gasteiger partial charge is 0.598 e. The summed E-state index contributed by atoms with van der Waals surface area (Å²) in [6.07, 6.45) is -1.43. The first-order valence-electron chi connectivity index (χ1n) is 11.9. The molecular weight excluding hydrogens is 517 g/mol. The van der Waals surface area contributed by atoms with Crippen LogP contribution >= 0.6 is 0 Å². The van der Waals surface area contributed by atoms with Crippen LogP contribution in [0.3, 0.4) is 0 Å². The molecule has 0 aromatic carbocycles. The van der Waals surface area contributed by atoms with E-state index in [2.05, 4.69) is 15.4 Å². The molecular formula is C23H27F5N7O3+. The maximum Gasteiger partial charge on any atom is 0.410 e. The third-order valence-corrected chi connectivity index (χ3v) is 6.78. The molecule has 1 aliphatic heterocycles. The van der Waals surface area contributed by atoms with Crippen molar-refractivity contribution in [2.75, 3.05) is 6.54 Å². The summed E-state index contributed by atoms with van der Waals surface area (Å²) >= 11 is 0. The molecule has 2 aromatic rings. The number of aromatic nitrogens is 3. The Hall–Kier alpha value is -3.78. The molecule has 10 nitrogen and oxygen atoms in total. The molecule has 4 rings (SSSR count). The molecule has 5 N–H and O–H groups in total. The van der Waals surface area contributed by atoms with Crippen LogP contribution in [0.25, 0.3) is 5.65 Å². The number of nitrogens with one attached hydrogen (secondary N) is 3. The Balaban J connectivity index is 1.58. The molecule has 15 heteroatoms. The van der Waals surface area contributed by atoms with Crippen molar-refractivity contribution in [2.24, 2.45) is 5.92 Å². The predicted octanol–water partition coefficient (Wildman–Crippen LogP) is 2.82. The van der Waals surface area contributed by atoms with Gasteiger partial charge in [0.25, 0.3) is 5.91 Å². The first-order valence-corrected chi connectivity index (χ1v) is 11.9. The number of amides is 3. The van der Waals surface area contributed by atoms with E-state index in [-0.39, 0.29) is 49.2 Å². The molecule has 1 saturated heterocycles. The number of hydrogen-bond acceptors (Lipinski definition) is 5. The van der Waals surface area contributed by atoms with E-state index in [1.807, 2.05) is 5.32 Å². The van der Waals surface area contributed by atoms with Gasteiger partial charge >= 0.3 is 12.2 Å². The molecule has 3 amide bonds. The van der Waals surface area contributed by atoms with Crippen molar-refractivity contribution < 1.29 is 36.6 Å². The monoisotopic (exact) mass is 544 g/mol. The van der Waals surface area contributed by atoms with Crippen LogP contribution in [0.1, 0.15) is 49.9 Å². The molecule has 0 unspecified atom stereocenters. The third-order valence-electron chi connectivity index (χ3n) is 6.78. The topological polar surface area (TPSA) is 138 Å². The van der Waals surface area contributed by atoms with Gasteiger partial charge in [0.15, 0.2) is 5.65 Å². The lowest BCUT2D eigenvalue weighted by atomic mass is 9.81. The average molecular weight is 545 g/mol. The number of carbonyl (C=O) groups excluding carboxylic acids is 2. The van der Waals surface area contributed by atoms with E-state index in [1.54, 1.807) is 0 Å². The zero-order chi connectivity index (χ0) is 27.8. The molecule has 2 aliphatic rings. The first kappa shape index (κ1) is 27.3. The van der Waals surface area contributed by atoms with Gasteiger partial charge in [-0.3, -0.25) is 4.79 Å². The number of hydrogen-bond donors (Lipinski definition) is 3. The van der Waals surface area contributed by atoms with Gasteiger partial charge in [-0.25, -0.2) is 23.1 Å². The summed E-state index contributed by atoms with van der Waals surface area (Å²) in [4.78, 5) is 30.3. The SMILES string of the molecule is CC(=N)/C(=C\[OH2+])C(=O)N[C@H](c1cn2ncc(CN3C[C@@H](C(F)(F)F)NC3=O)cc2n1)C1CCC(F)(F)CC1. The highest BCUT2D eigenvalue weighted by atomic mass is 19.4. The van der Waals surface area contributed by atoms with Gasteiger partial charge in [-0.05, 0) is 37.3 Å². The highest BCUT2D eigenvalue weighted by Gasteiger charge is 2.46. The number of nitrogens with zero attached hydrogens (tertiary/aromatic N) is 4. The summed E-state index contributed by atoms with van der Waals surface area (Å²) in [6.45, 7) is 0.661. The Kier molecular flexibility index (Phi) is 7.30. The maximum absolute atomic E-state index is 13.8. The Morgan fingerprint density at radius 1 is 1.37 bits per heavy atom. The zero-order valence-electron chi connectivity index (χ0n) is 20.3. The van der Waals surface area contributed by atoms with Crippen LogP contribution in [-0.4, -0.2) is 66.9 Å².